The summed E-state index contributed by atoms with van der Waals surface area (Å²) in [6.07, 6.45) is -2.85. The summed E-state index contributed by atoms with van der Waals surface area (Å²) in [7, 11) is -22.3. The first-order chi connectivity index (χ1) is 30.7. The van der Waals surface area contributed by atoms with E-state index < -0.39 is 147 Å². The Morgan fingerprint density at radius 3 is 1.27 bits per heavy atom. The maximum absolute atomic E-state index is 13.5. The SMILES string of the molecule is O=C(O)CN1CCN(CC(=O)O)CCN(CC(=O)O)C(Cc2ccc(NC(=O)C(CNC(=O)CC(P(=O)(O)O)P(=O)(O)O)CNC(=O)CC(P(=O)(O)O)P(=O)(O)O)cc2)CN(CC(=O)O)CC1. The molecule has 67 heavy (non-hydrogen) atoms. The van der Waals surface area contributed by atoms with Crippen LogP contribution < -0.4 is 16.0 Å². The first-order valence-corrected chi connectivity index (χ1v) is 26.4. The maximum Gasteiger partial charge on any atom is 0.341 e. The Hall–Kier alpha value is -4.05. The number of hydrogen-bond donors (Lipinski definition) is 15. The molecule has 1 aromatic carbocycles. The summed E-state index contributed by atoms with van der Waals surface area (Å²) >= 11 is 0. The smallest absolute Gasteiger partial charge is 0.341 e. The van der Waals surface area contributed by atoms with Gasteiger partial charge in [-0.05, 0) is 24.1 Å². The molecular weight excluding hydrogens is 986 g/mol. The highest BCUT2D eigenvalue weighted by atomic mass is 31.2. The zero-order chi connectivity index (χ0) is 51.1. The molecule has 380 valence electrons. The van der Waals surface area contributed by atoms with Gasteiger partial charge >= 0.3 is 54.3 Å². The zero-order valence-corrected chi connectivity index (χ0v) is 38.9. The molecule has 0 saturated carbocycles. The molecule has 0 bridgehead atoms. The molecule has 34 heteroatoms. The van der Waals surface area contributed by atoms with E-state index in [2.05, 4.69) is 5.32 Å². The normalized spacial score (nSPS) is 17.1. The van der Waals surface area contributed by atoms with E-state index >= 15 is 0 Å². The number of carboxylic acid groups (broad SMARTS) is 4. The highest BCUT2D eigenvalue weighted by Crippen LogP contribution is 2.62. The second-order valence-corrected chi connectivity index (χ2v) is 23.4. The van der Waals surface area contributed by atoms with Gasteiger partial charge in [0, 0.05) is 70.6 Å². The number of nitrogens with one attached hydrogen (secondary N) is 3. The third-order valence-electron chi connectivity index (χ3n) is 10.0. The van der Waals surface area contributed by atoms with Crippen LogP contribution in [0.4, 0.5) is 5.69 Å². The maximum atomic E-state index is 13.5. The van der Waals surface area contributed by atoms with Gasteiger partial charge in [-0.15, -0.1) is 0 Å². The summed E-state index contributed by atoms with van der Waals surface area (Å²) in [5.41, 5.74) is 0.514. The molecule has 1 saturated heterocycles. The molecule has 3 amide bonds. The number of carbonyl (C=O) groups is 7. The highest BCUT2D eigenvalue weighted by Gasteiger charge is 2.46. The van der Waals surface area contributed by atoms with Gasteiger partial charge in [-0.25, -0.2) is 0 Å². The number of anilines is 1. The van der Waals surface area contributed by atoms with Crippen LogP contribution in [0.25, 0.3) is 0 Å². The van der Waals surface area contributed by atoms with E-state index in [4.69, 9.17) is 0 Å². The molecule has 1 unspecified atom stereocenters. The standard InChI is InChI=1S/C33H55N7O23P4/c41-25(12-31(64(52,53)54)65(55,56)57)34-14-22(15-35-26(42)13-32(66(58,59)60)67(61,62)63)33(51)36-23-3-1-21(2-4-23)11-24-16-39(19-29(47)48)8-7-37(17-27(43)44)5-6-38(18-28(45)46)9-10-40(24)20-30(49)50/h1-4,22,24,31-32H,5-20H2,(H,34,41)(H,35,42)(H,36,51)(H,43,44)(H,45,46)(H,47,48)(H,49,50)(H2,52,53,54)(H2,55,56,57)(H2,58,59,60)(H2,61,62,63). The van der Waals surface area contributed by atoms with Crippen LogP contribution >= 0.6 is 30.4 Å². The van der Waals surface area contributed by atoms with Crippen molar-refractivity contribution >= 4 is 77.7 Å². The Morgan fingerprint density at radius 2 is 0.896 bits per heavy atom. The van der Waals surface area contributed by atoms with Crippen molar-refractivity contribution in [1.82, 2.24) is 30.2 Å². The number of carboxylic acids is 4. The van der Waals surface area contributed by atoms with Crippen molar-refractivity contribution in [1.29, 1.82) is 0 Å². The molecule has 0 aromatic heterocycles. The molecule has 0 radical (unpaired) electrons. The lowest BCUT2D eigenvalue weighted by atomic mass is 10.0. The fraction of sp³-hybridized carbons (Fsp3) is 0.606. The largest absolute Gasteiger partial charge is 0.480 e. The van der Waals surface area contributed by atoms with Crippen molar-refractivity contribution in [3.63, 3.8) is 0 Å². The van der Waals surface area contributed by atoms with Crippen LogP contribution in [0.2, 0.25) is 0 Å². The number of hydrogen-bond acceptors (Lipinski definition) is 15. The Kier molecular flexibility index (Phi) is 23.0. The molecule has 30 nitrogen and oxygen atoms in total. The molecule has 1 heterocycles. The molecular formula is C33H55N7O23P4. The van der Waals surface area contributed by atoms with E-state index in [0.29, 0.717) is 5.56 Å². The van der Waals surface area contributed by atoms with Crippen LogP contribution in [0.5, 0.6) is 0 Å². The first-order valence-electron chi connectivity index (χ1n) is 19.7. The number of amides is 3. The van der Waals surface area contributed by atoms with E-state index in [9.17, 15) is 111 Å². The van der Waals surface area contributed by atoms with Crippen LogP contribution in [0.1, 0.15) is 18.4 Å². The van der Waals surface area contributed by atoms with Gasteiger partial charge in [0.2, 0.25) is 17.7 Å². The summed E-state index contributed by atoms with van der Waals surface area (Å²) in [4.78, 5) is 167. The van der Waals surface area contributed by atoms with E-state index in [0.717, 1.165) is 0 Å². The third-order valence-corrected chi connectivity index (χ3v) is 17.5. The molecule has 1 aliphatic rings. The van der Waals surface area contributed by atoms with Gasteiger partial charge in [0.25, 0.3) is 0 Å². The van der Waals surface area contributed by atoms with Gasteiger partial charge in [-0.1, -0.05) is 12.1 Å². The lowest BCUT2D eigenvalue weighted by Gasteiger charge is -2.37. The molecule has 1 atom stereocenters. The predicted octanol–water partition coefficient (Wildman–Crippen LogP) is -3.91. The van der Waals surface area contributed by atoms with Crippen molar-refractivity contribution in [2.24, 2.45) is 5.92 Å². The minimum absolute atomic E-state index is 0.0187. The highest BCUT2D eigenvalue weighted by molar-refractivity contribution is 7.71. The van der Waals surface area contributed by atoms with Crippen LogP contribution in [0.15, 0.2) is 24.3 Å². The fourth-order valence-corrected chi connectivity index (χ4v) is 11.4. The average Bonchev–Trinajstić information content (AvgIpc) is 3.15. The second kappa shape index (κ2) is 26.1. The summed E-state index contributed by atoms with van der Waals surface area (Å²) in [5, 5.41) is 39.5. The number of aliphatic carboxylic acids is 4. The van der Waals surface area contributed by atoms with Crippen LogP contribution in [-0.2, 0) is 58.2 Å². The minimum Gasteiger partial charge on any atom is -0.480 e. The lowest BCUT2D eigenvalue weighted by molar-refractivity contribution is -0.142. The number of carbonyl (C=O) groups excluding carboxylic acids is 3. The van der Waals surface area contributed by atoms with Gasteiger partial charge in [-0.2, -0.15) is 0 Å². The van der Waals surface area contributed by atoms with Gasteiger partial charge in [0.05, 0.1) is 44.9 Å². The van der Waals surface area contributed by atoms with Crippen molar-refractivity contribution in [2.45, 2.75) is 36.1 Å². The van der Waals surface area contributed by atoms with Crippen molar-refractivity contribution in [3.8, 4) is 0 Å². The van der Waals surface area contributed by atoms with Gasteiger partial charge in [-0.3, -0.25) is 71.4 Å². The van der Waals surface area contributed by atoms with Gasteiger partial charge < -0.3 is 75.5 Å². The molecule has 1 aromatic rings. The molecule has 1 aliphatic heterocycles. The van der Waals surface area contributed by atoms with Crippen molar-refractivity contribution in [2.75, 3.05) is 90.4 Å². The van der Waals surface area contributed by atoms with Crippen molar-refractivity contribution < 1.29 is 111 Å². The number of rotatable bonds is 24. The average molecular weight is 1040 g/mol. The van der Waals surface area contributed by atoms with Crippen LogP contribution in [0.3, 0.4) is 0 Å². The summed E-state index contributed by atoms with van der Waals surface area (Å²) in [6, 6.07) is 4.88. The topological polar surface area (TPSA) is 480 Å². The van der Waals surface area contributed by atoms with E-state index in [1.807, 2.05) is 10.6 Å². The number of benzene rings is 1. The molecule has 0 spiro atoms. The van der Waals surface area contributed by atoms with Gasteiger partial charge in [0.15, 0.2) is 10.8 Å². The zero-order valence-electron chi connectivity index (χ0n) is 35.4. The van der Waals surface area contributed by atoms with E-state index in [-0.39, 0.29) is 57.9 Å². The van der Waals surface area contributed by atoms with Gasteiger partial charge in [0.1, 0.15) is 0 Å². The second-order valence-electron chi connectivity index (χ2n) is 15.4. The lowest BCUT2D eigenvalue weighted by Crippen LogP contribution is -2.53. The third kappa shape index (κ3) is 22.7. The summed E-state index contributed by atoms with van der Waals surface area (Å²) < 4.78 is 46.8. The quantitative estimate of drug-likeness (QED) is 0.0440. The summed E-state index contributed by atoms with van der Waals surface area (Å²) in [6.45, 7) is -3.42. The Bertz CT molecular complexity index is 2000. The van der Waals surface area contributed by atoms with E-state index in [1.165, 1.54) is 43.9 Å². The molecule has 0 aliphatic carbocycles. The number of nitrogens with zero attached hydrogens (tertiary/aromatic N) is 4. The van der Waals surface area contributed by atoms with E-state index in [1.54, 1.807) is 0 Å². The summed E-state index contributed by atoms with van der Waals surface area (Å²) in [5.74, 6) is -10.3. The predicted molar refractivity (Wildman–Crippen MR) is 228 cm³/mol. The molecule has 15 N–H and O–H groups in total. The Morgan fingerprint density at radius 1 is 0.537 bits per heavy atom. The van der Waals surface area contributed by atoms with Crippen molar-refractivity contribution in [3.05, 3.63) is 29.8 Å². The van der Waals surface area contributed by atoms with Crippen LogP contribution in [0, 0.1) is 5.92 Å². The monoisotopic (exact) mass is 1040 g/mol. The van der Waals surface area contributed by atoms with Crippen LogP contribution in [-0.4, -0.2) is 223 Å². The first kappa shape index (κ1) is 59.1. The molecule has 2 rings (SSSR count). The minimum atomic E-state index is -5.57. The Labute approximate surface area is 380 Å². The molecule has 1 fully saturated rings. The fourth-order valence-electron chi connectivity index (χ4n) is 6.67. The Balaban J connectivity index is 2.44.